The molecule has 2 N–H and O–H groups in total. The summed E-state index contributed by atoms with van der Waals surface area (Å²) in [4.78, 5) is 10.9. The van der Waals surface area contributed by atoms with Crippen LogP contribution in [0.3, 0.4) is 0 Å². The smallest absolute Gasteiger partial charge is 0.372 e. The maximum atomic E-state index is 10.9. The van der Waals surface area contributed by atoms with E-state index in [0.717, 1.165) is 0 Å². The molecule has 4 heteroatoms. The normalized spacial score (nSPS) is 10.6. The van der Waals surface area contributed by atoms with Crippen LogP contribution in [-0.4, -0.2) is 11.1 Å². The Labute approximate surface area is 112 Å². The lowest BCUT2D eigenvalue weighted by molar-refractivity contribution is 0.0660. The zero-order chi connectivity index (χ0) is 13.8. The van der Waals surface area contributed by atoms with Crippen LogP contribution in [0.25, 0.3) is 0 Å². The quantitative estimate of drug-likeness (QED) is 0.866. The third-order valence-corrected chi connectivity index (χ3v) is 3.08. The van der Waals surface area contributed by atoms with Gasteiger partial charge in [-0.05, 0) is 31.0 Å². The molecule has 0 saturated heterocycles. The van der Waals surface area contributed by atoms with Crippen LogP contribution in [0.15, 0.2) is 34.9 Å². The molecular weight excluding hydrogens is 242 g/mol. The Morgan fingerprint density at radius 2 is 1.95 bits per heavy atom. The topological polar surface area (TPSA) is 62.5 Å². The van der Waals surface area contributed by atoms with E-state index in [1.807, 2.05) is 0 Å². The molecule has 1 aromatic heterocycles. The molecule has 0 aliphatic carbocycles. The van der Waals surface area contributed by atoms with E-state index in [0.29, 0.717) is 18.7 Å². The molecule has 0 atom stereocenters. The molecule has 0 saturated carbocycles. The Balaban J connectivity index is 1.98. The lowest BCUT2D eigenvalue weighted by Crippen LogP contribution is -2.15. The Morgan fingerprint density at radius 3 is 2.68 bits per heavy atom. The van der Waals surface area contributed by atoms with Crippen LogP contribution in [-0.2, 0) is 13.1 Å². The third kappa shape index (κ3) is 3.23. The van der Waals surface area contributed by atoms with Crippen LogP contribution >= 0.6 is 0 Å². The van der Waals surface area contributed by atoms with Gasteiger partial charge in [-0.2, -0.15) is 0 Å². The first-order valence-electron chi connectivity index (χ1n) is 6.14. The number of rotatable bonds is 5. The second kappa shape index (κ2) is 5.71. The van der Waals surface area contributed by atoms with Gasteiger partial charge in [0.25, 0.3) is 0 Å². The van der Waals surface area contributed by atoms with Gasteiger partial charge < -0.3 is 14.8 Å². The summed E-state index contributed by atoms with van der Waals surface area (Å²) in [6.45, 7) is 5.31. The number of aromatic carboxylic acids is 1. The van der Waals surface area contributed by atoms with Gasteiger partial charge in [-0.3, -0.25) is 0 Å². The molecule has 0 aliphatic heterocycles. The summed E-state index contributed by atoms with van der Waals surface area (Å²) in [5.74, 6) is -1.03. The fourth-order valence-electron chi connectivity index (χ4n) is 1.99. The number of carboxylic acids is 1. The Bertz CT molecular complexity index is 587. The summed E-state index contributed by atoms with van der Waals surface area (Å²) in [7, 11) is 0. The molecule has 100 valence electrons. The summed E-state index contributed by atoms with van der Waals surface area (Å²) in [5.41, 5.74) is 4.33. The molecule has 2 rings (SSSR count). The van der Waals surface area contributed by atoms with Gasteiger partial charge in [-0.1, -0.05) is 23.8 Å². The van der Waals surface area contributed by atoms with E-state index >= 15 is 0 Å². The first-order chi connectivity index (χ1) is 9.08. The molecule has 0 radical (unpaired) electrons. The Morgan fingerprint density at radius 1 is 1.21 bits per heavy atom. The SMILES string of the molecule is Cc1ccc(C)c(CNCc2ccoc2C(=O)O)c1. The van der Waals surface area contributed by atoms with E-state index in [1.54, 1.807) is 6.07 Å². The van der Waals surface area contributed by atoms with Crippen molar-refractivity contribution in [3.05, 3.63) is 58.5 Å². The number of carbonyl (C=O) groups is 1. The number of hydrogen-bond acceptors (Lipinski definition) is 3. The molecule has 0 amide bonds. The maximum Gasteiger partial charge on any atom is 0.372 e. The number of carboxylic acid groups (broad SMARTS) is 1. The number of nitrogens with one attached hydrogen (secondary N) is 1. The van der Waals surface area contributed by atoms with Crippen molar-refractivity contribution in [3.8, 4) is 0 Å². The first kappa shape index (κ1) is 13.4. The lowest BCUT2D eigenvalue weighted by atomic mass is 10.1. The standard InChI is InChI=1S/C15H17NO3/c1-10-3-4-11(2)13(7-10)9-16-8-12-5-6-19-14(12)15(17)18/h3-7,16H,8-9H2,1-2H3,(H,17,18). The highest BCUT2D eigenvalue weighted by Gasteiger charge is 2.13. The minimum Gasteiger partial charge on any atom is -0.475 e. The van der Waals surface area contributed by atoms with Gasteiger partial charge in [0.2, 0.25) is 5.76 Å². The zero-order valence-corrected chi connectivity index (χ0v) is 11.1. The molecule has 1 heterocycles. The molecule has 1 aromatic carbocycles. The van der Waals surface area contributed by atoms with E-state index in [1.165, 1.54) is 23.0 Å². The summed E-state index contributed by atoms with van der Waals surface area (Å²) < 4.78 is 4.93. The largest absolute Gasteiger partial charge is 0.475 e. The molecule has 0 unspecified atom stereocenters. The fourth-order valence-corrected chi connectivity index (χ4v) is 1.99. The average Bonchev–Trinajstić information content (AvgIpc) is 2.82. The second-order valence-corrected chi connectivity index (χ2v) is 4.61. The van der Waals surface area contributed by atoms with Gasteiger partial charge in [0.15, 0.2) is 0 Å². The van der Waals surface area contributed by atoms with Gasteiger partial charge in [0.05, 0.1) is 6.26 Å². The van der Waals surface area contributed by atoms with Crippen molar-refractivity contribution in [3.63, 3.8) is 0 Å². The van der Waals surface area contributed by atoms with Gasteiger partial charge >= 0.3 is 5.97 Å². The summed E-state index contributed by atoms with van der Waals surface area (Å²) in [6, 6.07) is 7.99. The lowest BCUT2D eigenvalue weighted by Gasteiger charge is -2.08. The van der Waals surface area contributed by atoms with Gasteiger partial charge in [0.1, 0.15) is 0 Å². The Kier molecular flexibility index (Phi) is 4.02. The predicted molar refractivity (Wildman–Crippen MR) is 72.1 cm³/mol. The molecule has 4 nitrogen and oxygen atoms in total. The van der Waals surface area contributed by atoms with Crippen LogP contribution in [0.1, 0.15) is 32.8 Å². The molecule has 2 aromatic rings. The number of aryl methyl sites for hydroxylation is 2. The van der Waals surface area contributed by atoms with Crippen molar-refractivity contribution in [2.45, 2.75) is 26.9 Å². The van der Waals surface area contributed by atoms with Crippen molar-refractivity contribution < 1.29 is 14.3 Å². The third-order valence-electron chi connectivity index (χ3n) is 3.08. The Hall–Kier alpha value is -2.07. The van der Waals surface area contributed by atoms with Crippen LogP contribution in [0.4, 0.5) is 0 Å². The van der Waals surface area contributed by atoms with E-state index in [4.69, 9.17) is 9.52 Å². The van der Waals surface area contributed by atoms with E-state index < -0.39 is 5.97 Å². The van der Waals surface area contributed by atoms with Gasteiger partial charge in [-0.25, -0.2) is 4.79 Å². The van der Waals surface area contributed by atoms with Gasteiger partial charge in [-0.15, -0.1) is 0 Å². The summed E-state index contributed by atoms with van der Waals surface area (Å²) in [5, 5.41) is 12.2. The number of furan rings is 1. The minimum absolute atomic E-state index is 0.00784. The molecular formula is C15H17NO3. The van der Waals surface area contributed by atoms with Crippen molar-refractivity contribution in [2.24, 2.45) is 0 Å². The van der Waals surface area contributed by atoms with Crippen LogP contribution < -0.4 is 5.32 Å². The molecule has 0 spiro atoms. The minimum atomic E-state index is -1.03. The van der Waals surface area contributed by atoms with Crippen LogP contribution in [0.5, 0.6) is 0 Å². The molecule has 0 fully saturated rings. The molecule has 0 bridgehead atoms. The van der Waals surface area contributed by atoms with Crippen LogP contribution in [0.2, 0.25) is 0 Å². The van der Waals surface area contributed by atoms with E-state index in [9.17, 15) is 4.79 Å². The van der Waals surface area contributed by atoms with Crippen molar-refractivity contribution in [1.82, 2.24) is 5.32 Å². The van der Waals surface area contributed by atoms with E-state index in [2.05, 4.69) is 37.4 Å². The van der Waals surface area contributed by atoms with Crippen molar-refractivity contribution in [1.29, 1.82) is 0 Å². The van der Waals surface area contributed by atoms with E-state index in [-0.39, 0.29) is 5.76 Å². The summed E-state index contributed by atoms with van der Waals surface area (Å²) >= 11 is 0. The highest BCUT2D eigenvalue weighted by molar-refractivity contribution is 5.86. The highest BCUT2D eigenvalue weighted by atomic mass is 16.4. The monoisotopic (exact) mass is 259 g/mol. The number of benzene rings is 1. The predicted octanol–water partition coefficient (Wildman–Crippen LogP) is 2.88. The zero-order valence-electron chi connectivity index (χ0n) is 11.1. The molecule has 0 aliphatic rings. The highest BCUT2D eigenvalue weighted by Crippen LogP contribution is 2.12. The fraction of sp³-hybridized carbons (Fsp3) is 0.267. The molecule has 19 heavy (non-hydrogen) atoms. The number of hydrogen-bond donors (Lipinski definition) is 2. The average molecular weight is 259 g/mol. The van der Waals surface area contributed by atoms with Crippen molar-refractivity contribution >= 4 is 5.97 Å². The van der Waals surface area contributed by atoms with Crippen molar-refractivity contribution in [2.75, 3.05) is 0 Å². The summed E-state index contributed by atoms with van der Waals surface area (Å²) in [6.07, 6.45) is 1.40. The second-order valence-electron chi connectivity index (χ2n) is 4.61. The van der Waals surface area contributed by atoms with Gasteiger partial charge in [0, 0.05) is 18.7 Å². The first-order valence-corrected chi connectivity index (χ1v) is 6.14. The van der Waals surface area contributed by atoms with Crippen LogP contribution in [0, 0.1) is 13.8 Å². The maximum absolute atomic E-state index is 10.9.